The highest BCUT2D eigenvalue weighted by atomic mass is 16.3. The zero-order valence-electron chi connectivity index (χ0n) is 10.9. The summed E-state index contributed by atoms with van der Waals surface area (Å²) in [6.45, 7) is 0.673. The standard InChI is InChI=1S/C13H20N4O2/c14-16-12-7-4-6-11(15-12)13(19)17-8-3-1-2-5-10(17)9-18/h4,6-7,10,18H,1-3,5,8-9,14H2,(H,15,16). The first-order valence-electron chi connectivity index (χ1n) is 6.61. The fourth-order valence-corrected chi connectivity index (χ4v) is 2.42. The van der Waals surface area contributed by atoms with Gasteiger partial charge in [-0.3, -0.25) is 4.79 Å². The Labute approximate surface area is 112 Å². The third kappa shape index (κ3) is 3.21. The Balaban J connectivity index is 2.20. The van der Waals surface area contributed by atoms with Gasteiger partial charge >= 0.3 is 0 Å². The molecule has 0 radical (unpaired) electrons. The molecule has 0 bridgehead atoms. The number of amides is 1. The van der Waals surface area contributed by atoms with Gasteiger partial charge in [0.1, 0.15) is 11.5 Å². The quantitative estimate of drug-likeness (QED) is 0.553. The molecule has 1 atom stereocenters. The number of aliphatic hydroxyl groups excluding tert-OH is 1. The monoisotopic (exact) mass is 264 g/mol. The Morgan fingerprint density at radius 1 is 1.47 bits per heavy atom. The average molecular weight is 264 g/mol. The molecule has 4 N–H and O–H groups in total. The van der Waals surface area contributed by atoms with E-state index in [4.69, 9.17) is 5.84 Å². The lowest BCUT2D eigenvalue weighted by molar-refractivity contribution is 0.0594. The number of hydrogen-bond donors (Lipinski definition) is 3. The second kappa shape index (κ2) is 6.49. The Bertz CT molecular complexity index is 438. The number of nitrogen functional groups attached to an aromatic ring is 1. The summed E-state index contributed by atoms with van der Waals surface area (Å²) in [5.41, 5.74) is 2.79. The molecule has 6 nitrogen and oxygen atoms in total. The molecular weight excluding hydrogens is 244 g/mol. The molecule has 104 valence electrons. The predicted octanol–water partition coefficient (Wildman–Crippen LogP) is 0.744. The minimum absolute atomic E-state index is 0.000565. The van der Waals surface area contributed by atoms with Crippen LogP contribution in [0.2, 0.25) is 0 Å². The van der Waals surface area contributed by atoms with Crippen molar-refractivity contribution in [2.75, 3.05) is 18.6 Å². The van der Waals surface area contributed by atoms with Gasteiger partial charge in [-0.05, 0) is 25.0 Å². The van der Waals surface area contributed by atoms with Crippen molar-refractivity contribution < 1.29 is 9.90 Å². The van der Waals surface area contributed by atoms with Gasteiger partial charge in [0.15, 0.2) is 0 Å². The Kier molecular flexibility index (Phi) is 4.70. The minimum Gasteiger partial charge on any atom is -0.394 e. The lowest BCUT2D eigenvalue weighted by Crippen LogP contribution is -2.42. The second-order valence-corrected chi connectivity index (χ2v) is 4.74. The van der Waals surface area contributed by atoms with Crippen molar-refractivity contribution >= 4 is 11.7 Å². The van der Waals surface area contributed by atoms with Gasteiger partial charge in [0.25, 0.3) is 5.91 Å². The molecule has 1 aliphatic heterocycles. The van der Waals surface area contributed by atoms with Crippen LogP contribution in [-0.2, 0) is 0 Å². The number of nitrogens with two attached hydrogens (primary N) is 1. The van der Waals surface area contributed by atoms with E-state index in [1.165, 1.54) is 0 Å². The van der Waals surface area contributed by atoms with Gasteiger partial charge < -0.3 is 15.4 Å². The van der Waals surface area contributed by atoms with Crippen molar-refractivity contribution in [1.29, 1.82) is 0 Å². The second-order valence-electron chi connectivity index (χ2n) is 4.74. The zero-order chi connectivity index (χ0) is 13.7. The summed E-state index contributed by atoms with van der Waals surface area (Å²) in [5.74, 6) is 5.62. The van der Waals surface area contributed by atoms with Crippen molar-refractivity contribution in [3.05, 3.63) is 23.9 Å². The van der Waals surface area contributed by atoms with Crippen molar-refractivity contribution in [2.24, 2.45) is 5.84 Å². The highest BCUT2D eigenvalue weighted by Gasteiger charge is 2.26. The van der Waals surface area contributed by atoms with Gasteiger partial charge in [-0.25, -0.2) is 10.8 Å². The number of hydrazine groups is 1. The number of likely N-dealkylation sites (tertiary alicyclic amines) is 1. The summed E-state index contributed by atoms with van der Waals surface area (Å²) in [6.07, 6.45) is 3.96. The van der Waals surface area contributed by atoms with Gasteiger partial charge in [-0.1, -0.05) is 18.9 Å². The topological polar surface area (TPSA) is 91.5 Å². The van der Waals surface area contributed by atoms with Crippen LogP contribution < -0.4 is 11.3 Å². The maximum atomic E-state index is 12.5. The molecule has 6 heteroatoms. The molecular formula is C13H20N4O2. The molecule has 0 spiro atoms. The highest BCUT2D eigenvalue weighted by Crippen LogP contribution is 2.19. The van der Waals surface area contributed by atoms with E-state index in [0.717, 1.165) is 25.7 Å². The Hall–Kier alpha value is -1.66. The number of aromatic nitrogens is 1. The lowest BCUT2D eigenvalue weighted by Gasteiger charge is -2.28. The van der Waals surface area contributed by atoms with Crippen LogP contribution in [0.5, 0.6) is 0 Å². The number of rotatable bonds is 3. The first-order valence-corrected chi connectivity index (χ1v) is 6.61. The lowest BCUT2D eigenvalue weighted by atomic mass is 10.1. The number of pyridine rings is 1. The van der Waals surface area contributed by atoms with Crippen molar-refractivity contribution in [3.8, 4) is 0 Å². The SMILES string of the molecule is NNc1cccc(C(=O)N2CCCCCC2CO)n1. The maximum Gasteiger partial charge on any atom is 0.272 e. The Morgan fingerprint density at radius 2 is 2.32 bits per heavy atom. The van der Waals surface area contributed by atoms with Crippen LogP contribution in [0.25, 0.3) is 0 Å². The smallest absolute Gasteiger partial charge is 0.272 e. The zero-order valence-corrected chi connectivity index (χ0v) is 10.9. The molecule has 1 aromatic heterocycles. The molecule has 1 aliphatic rings. The van der Waals surface area contributed by atoms with E-state index in [0.29, 0.717) is 18.1 Å². The molecule has 0 aromatic carbocycles. The summed E-state index contributed by atoms with van der Waals surface area (Å²) >= 11 is 0. The molecule has 1 aromatic rings. The van der Waals surface area contributed by atoms with Crippen LogP contribution in [0.3, 0.4) is 0 Å². The van der Waals surface area contributed by atoms with E-state index in [1.54, 1.807) is 23.1 Å². The summed E-state index contributed by atoms with van der Waals surface area (Å²) in [6, 6.07) is 5.00. The third-order valence-corrected chi connectivity index (χ3v) is 3.46. The van der Waals surface area contributed by atoms with Crippen molar-refractivity contribution in [1.82, 2.24) is 9.88 Å². The maximum absolute atomic E-state index is 12.5. The van der Waals surface area contributed by atoms with Gasteiger partial charge in [-0.2, -0.15) is 0 Å². The van der Waals surface area contributed by atoms with Crippen LogP contribution in [0, 0.1) is 0 Å². The van der Waals surface area contributed by atoms with Crippen molar-refractivity contribution in [3.63, 3.8) is 0 Å². The summed E-state index contributed by atoms with van der Waals surface area (Å²) in [7, 11) is 0. The molecule has 1 fully saturated rings. The molecule has 1 saturated heterocycles. The van der Waals surface area contributed by atoms with E-state index in [-0.39, 0.29) is 18.6 Å². The number of nitrogens with zero attached hydrogens (tertiary/aromatic N) is 2. The third-order valence-electron chi connectivity index (χ3n) is 3.46. The predicted molar refractivity (Wildman–Crippen MR) is 72.4 cm³/mol. The molecule has 19 heavy (non-hydrogen) atoms. The normalized spacial score (nSPS) is 19.9. The number of carbonyl (C=O) groups is 1. The van der Waals surface area contributed by atoms with Crippen LogP contribution >= 0.6 is 0 Å². The number of hydrogen-bond acceptors (Lipinski definition) is 5. The Morgan fingerprint density at radius 3 is 3.05 bits per heavy atom. The fourth-order valence-electron chi connectivity index (χ4n) is 2.42. The number of aliphatic hydroxyl groups is 1. The van der Waals surface area contributed by atoms with Crippen LogP contribution in [0.1, 0.15) is 36.2 Å². The van der Waals surface area contributed by atoms with E-state index in [9.17, 15) is 9.90 Å². The van der Waals surface area contributed by atoms with Crippen LogP contribution in [0.15, 0.2) is 18.2 Å². The number of nitrogens with one attached hydrogen (secondary N) is 1. The average Bonchev–Trinajstić information content (AvgIpc) is 2.71. The summed E-state index contributed by atoms with van der Waals surface area (Å²) in [4.78, 5) is 18.4. The van der Waals surface area contributed by atoms with E-state index in [1.807, 2.05) is 0 Å². The molecule has 1 amide bonds. The number of carbonyl (C=O) groups excluding carboxylic acids is 1. The molecule has 1 unspecified atom stereocenters. The minimum atomic E-state index is -0.141. The van der Waals surface area contributed by atoms with E-state index in [2.05, 4.69) is 10.4 Å². The molecule has 2 heterocycles. The molecule has 0 saturated carbocycles. The molecule has 0 aliphatic carbocycles. The highest BCUT2D eigenvalue weighted by molar-refractivity contribution is 5.93. The van der Waals surface area contributed by atoms with Crippen LogP contribution in [-0.4, -0.2) is 40.1 Å². The summed E-state index contributed by atoms with van der Waals surface area (Å²) < 4.78 is 0. The largest absolute Gasteiger partial charge is 0.394 e. The first kappa shape index (κ1) is 13.8. The van der Waals surface area contributed by atoms with E-state index >= 15 is 0 Å². The van der Waals surface area contributed by atoms with Crippen molar-refractivity contribution in [2.45, 2.75) is 31.7 Å². The number of anilines is 1. The van der Waals surface area contributed by atoms with Gasteiger partial charge in [0, 0.05) is 6.54 Å². The van der Waals surface area contributed by atoms with Crippen LogP contribution in [0.4, 0.5) is 5.82 Å². The van der Waals surface area contributed by atoms with Gasteiger partial charge in [0.05, 0.1) is 12.6 Å². The summed E-state index contributed by atoms with van der Waals surface area (Å²) in [5, 5.41) is 9.44. The van der Waals surface area contributed by atoms with Gasteiger partial charge in [-0.15, -0.1) is 0 Å². The fraction of sp³-hybridized carbons (Fsp3) is 0.538. The van der Waals surface area contributed by atoms with E-state index < -0.39 is 0 Å². The first-order chi connectivity index (χ1) is 9.26. The molecule has 2 rings (SSSR count). The van der Waals surface area contributed by atoms with Gasteiger partial charge in [0.2, 0.25) is 0 Å².